The van der Waals surface area contributed by atoms with Gasteiger partial charge in [-0.15, -0.1) is 11.3 Å². The molecule has 0 radical (unpaired) electrons. The molecule has 0 aliphatic rings. The van der Waals surface area contributed by atoms with Crippen LogP contribution in [0.1, 0.15) is 16.1 Å². The summed E-state index contributed by atoms with van der Waals surface area (Å²) >= 11 is 1.52. The van der Waals surface area contributed by atoms with Crippen molar-refractivity contribution >= 4 is 17.2 Å². The van der Waals surface area contributed by atoms with Crippen LogP contribution in [0.25, 0.3) is 10.6 Å². The first-order chi connectivity index (χ1) is 10.7. The quantitative estimate of drug-likeness (QED) is 0.759. The molecule has 2 heterocycles. The second-order valence-corrected chi connectivity index (χ2v) is 5.64. The van der Waals surface area contributed by atoms with E-state index in [1.165, 1.54) is 11.3 Å². The zero-order valence-corrected chi connectivity index (χ0v) is 12.5. The van der Waals surface area contributed by atoms with E-state index in [1.807, 2.05) is 29.6 Å². The molecule has 3 rings (SSSR count). The number of benzene rings is 1. The fourth-order valence-electron chi connectivity index (χ4n) is 2.04. The van der Waals surface area contributed by atoms with Gasteiger partial charge < -0.3 is 14.9 Å². The van der Waals surface area contributed by atoms with Crippen molar-refractivity contribution in [2.45, 2.75) is 6.42 Å². The summed E-state index contributed by atoms with van der Waals surface area (Å²) in [5, 5.41) is 18.1. The van der Waals surface area contributed by atoms with Crippen LogP contribution >= 0.6 is 11.3 Å². The van der Waals surface area contributed by atoms with Crippen LogP contribution in [0, 0.1) is 0 Å². The number of amides is 1. The van der Waals surface area contributed by atoms with Gasteiger partial charge in [-0.3, -0.25) is 4.79 Å². The minimum absolute atomic E-state index is 0.234. The van der Waals surface area contributed by atoms with Gasteiger partial charge in [0.1, 0.15) is 5.75 Å². The maximum absolute atomic E-state index is 12.0. The van der Waals surface area contributed by atoms with Crippen molar-refractivity contribution < 1.29 is 14.4 Å². The first-order valence-electron chi connectivity index (χ1n) is 6.80. The lowest BCUT2D eigenvalue weighted by atomic mass is 10.1. The van der Waals surface area contributed by atoms with Gasteiger partial charge in [0.05, 0.1) is 4.88 Å². The van der Waals surface area contributed by atoms with Crippen molar-refractivity contribution in [1.82, 2.24) is 10.5 Å². The Hall–Kier alpha value is -2.60. The van der Waals surface area contributed by atoms with Crippen LogP contribution in [0.2, 0.25) is 0 Å². The highest BCUT2D eigenvalue weighted by molar-refractivity contribution is 7.13. The highest BCUT2D eigenvalue weighted by Gasteiger charge is 2.13. The van der Waals surface area contributed by atoms with Gasteiger partial charge in [-0.2, -0.15) is 0 Å². The van der Waals surface area contributed by atoms with Crippen LogP contribution in [0.15, 0.2) is 52.4 Å². The van der Waals surface area contributed by atoms with Gasteiger partial charge in [-0.1, -0.05) is 29.4 Å². The average Bonchev–Trinajstić information content (AvgIpc) is 3.20. The van der Waals surface area contributed by atoms with E-state index in [0.29, 0.717) is 18.7 Å². The zero-order chi connectivity index (χ0) is 15.4. The molecule has 0 fully saturated rings. The van der Waals surface area contributed by atoms with Gasteiger partial charge in [0.15, 0.2) is 11.5 Å². The Labute approximate surface area is 131 Å². The van der Waals surface area contributed by atoms with Crippen molar-refractivity contribution in [2.24, 2.45) is 0 Å². The maximum Gasteiger partial charge on any atom is 0.273 e. The van der Waals surface area contributed by atoms with Crippen LogP contribution in [-0.4, -0.2) is 22.7 Å². The molecule has 1 aromatic carbocycles. The molecule has 0 spiro atoms. The first kappa shape index (κ1) is 14.3. The minimum atomic E-state index is -0.290. The highest BCUT2D eigenvalue weighted by atomic mass is 32.1. The molecule has 0 aliphatic heterocycles. The summed E-state index contributed by atoms with van der Waals surface area (Å²) in [4.78, 5) is 12.9. The van der Waals surface area contributed by atoms with Crippen molar-refractivity contribution in [3.63, 3.8) is 0 Å². The van der Waals surface area contributed by atoms with Crippen LogP contribution in [0.5, 0.6) is 5.75 Å². The van der Waals surface area contributed by atoms with E-state index < -0.39 is 0 Å². The molecular weight excluding hydrogens is 300 g/mol. The number of rotatable bonds is 5. The van der Waals surface area contributed by atoms with Crippen LogP contribution in [0.3, 0.4) is 0 Å². The summed E-state index contributed by atoms with van der Waals surface area (Å²) < 4.78 is 5.17. The summed E-state index contributed by atoms with van der Waals surface area (Å²) in [6.07, 6.45) is 0.550. The van der Waals surface area contributed by atoms with E-state index >= 15 is 0 Å². The molecule has 22 heavy (non-hydrogen) atoms. The fraction of sp³-hybridized carbons (Fsp3) is 0.125. The molecule has 0 saturated heterocycles. The lowest BCUT2D eigenvalue weighted by Crippen LogP contribution is -2.25. The largest absolute Gasteiger partial charge is 0.508 e. The molecule has 3 aromatic rings. The minimum Gasteiger partial charge on any atom is -0.508 e. The second kappa shape index (κ2) is 6.44. The molecule has 6 heteroatoms. The average molecular weight is 314 g/mol. The standard InChI is InChI=1S/C16H14N2O3S/c19-13-5-2-1-4-11(13)7-8-17-16(20)12-10-14(21-18-12)15-6-3-9-22-15/h1-6,9-10,19H,7-8H2,(H,17,20). The second-order valence-electron chi connectivity index (χ2n) is 4.69. The Morgan fingerprint density at radius 2 is 2.14 bits per heavy atom. The molecule has 0 bridgehead atoms. The molecule has 2 N–H and O–H groups in total. The number of nitrogens with zero attached hydrogens (tertiary/aromatic N) is 1. The number of carbonyl (C=O) groups excluding carboxylic acids is 1. The lowest BCUT2D eigenvalue weighted by Gasteiger charge is -2.04. The van der Waals surface area contributed by atoms with Crippen molar-refractivity contribution in [3.8, 4) is 16.4 Å². The van der Waals surface area contributed by atoms with E-state index in [9.17, 15) is 9.90 Å². The number of hydrogen-bond acceptors (Lipinski definition) is 5. The smallest absolute Gasteiger partial charge is 0.273 e. The summed E-state index contributed by atoms with van der Waals surface area (Å²) in [5.41, 5.74) is 1.04. The number of hydrogen-bond donors (Lipinski definition) is 2. The Morgan fingerprint density at radius 3 is 2.91 bits per heavy atom. The number of thiophene rings is 1. The molecule has 112 valence electrons. The van der Waals surface area contributed by atoms with Gasteiger partial charge in [0.25, 0.3) is 5.91 Å². The lowest BCUT2D eigenvalue weighted by molar-refractivity contribution is 0.0945. The van der Waals surface area contributed by atoms with Crippen LogP contribution in [-0.2, 0) is 6.42 Å². The fourth-order valence-corrected chi connectivity index (χ4v) is 2.71. The van der Waals surface area contributed by atoms with E-state index in [-0.39, 0.29) is 17.4 Å². The number of phenols is 1. The van der Waals surface area contributed by atoms with Gasteiger partial charge >= 0.3 is 0 Å². The van der Waals surface area contributed by atoms with E-state index in [2.05, 4.69) is 10.5 Å². The maximum atomic E-state index is 12.0. The third-order valence-corrected chi connectivity index (χ3v) is 4.06. The molecule has 5 nitrogen and oxygen atoms in total. The molecule has 0 saturated carbocycles. The number of aromatic hydroxyl groups is 1. The Morgan fingerprint density at radius 1 is 1.27 bits per heavy atom. The summed E-state index contributed by atoms with van der Waals surface area (Å²) in [6.45, 7) is 0.414. The monoisotopic (exact) mass is 314 g/mol. The predicted molar refractivity (Wildman–Crippen MR) is 84.0 cm³/mol. The van der Waals surface area contributed by atoms with Crippen molar-refractivity contribution in [3.05, 3.63) is 59.1 Å². The molecule has 2 aromatic heterocycles. The number of phenolic OH excluding ortho intramolecular Hbond substituents is 1. The van der Waals surface area contributed by atoms with Gasteiger partial charge in [0.2, 0.25) is 0 Å². The Balaban J connectivity index is 1.57. The summed E-state index contributed by atoms with van der Waals surface area (Å²) in [7, 11) is 0. The molecule has 1 amide bonds. The normalized spacial score (nSPS) is 10.5. The Bertz CT molecular complexity index is 765. The highest BCUT2D eigenvalue weighted by Crippen LogP contribution is 2.25. The summed E-state index contributed by atoms with van der Waals surface area (Å²) in [5.74, 6) is 0.529. The number of carbonyl (C=O) groups is 1. The summed E-state index contributed by atoms with van der Waals surface area (Å²) in [6, 6.07) is 12.5. The molecule has 0 unspecified atom stereocenters. The predicted octanol–water partition coefficient (Wildman–Crippen LogP) is 3.08. The topological polar surface area (TPSA) is 75.4 Å². The molecular formula is C16H14N2O3S. The van der Waals surface area contributed by atoms with E-state index in [1.54, 1.807) is 18.2 Å². The van der Waals surface area contributed by atoms with E-state index in [4.69, 9.17) is 4.52 Å². The number of para-hydroxylation sites is 1. The van der Waals surface area contributed by atoms with Gasteiger partial charge in [-0.05, 0) is 29.5 Å². The van der Waals surface area contributed by atoms with Crippen molar-refractivity contribution in [2.75, 3.05) is 6.54 Å². The van der Waals surface area contributed by atoms with Gasteiger partial charge in [0, 0.05) is 12.6 Å². The SMILES string of the molecule is O=C(NCCc1ccccc1O)c1cc(-c2cccs2)on1. The third kappa shape index (κ3) is 3.17. The van der Waals surface area contributed by atoms with Crippen LogP contribution in [0.4, 0.5) is 0 Å². The molecule has 0 aliphatic carbocycles. The first-order valence-corrected chi connectivity index (χ1v) is 7.67. The Kier molecular flexibility index (Phi) is 4.20. The number of aromatic nitrogens is 1. The van der Waals surface area contributed by atoms with Crippen LogP contribution < -0.4 is 5.32 Å². The van der Waals surface area contributed by atoms with Gasteiger partial charge in [-0.25, -0.2) is 0 Å². The number of nitrogens with one attached hydrogen (secondary N) is 1. The molecule has 0 atom stereocenters. The van der Waals surface area contributed by atoms with Crippen molar-refractivity contribution in [1.29, 1.82) is 0 Å². The van der Waals surface area contributed by atoms with E-state index in [0.717, 1.165) is 10.4 Å². The third-order valence-electron chi connectivity index (χ3n) is 3.18. The zero-order valence-electron chi connectivity index (χ0n) is 11.7.